The van der Waals surface area contributed by atoms with E-state index in [1.807, 2.05) is 9.91 Å². The fraction of sp³-hybridized carbons (Fsp3) is 0.833. The molecule has 7 nitrogen and oxygen atoms in total. The second-order valence-corrected chi connectivity index (χ2v) is 7.54. The number of hydrogen-bond acceptors (Lipinski definition) is 6. The van der Waals surface area contributed by atoms with Gasteiger partial charge < -0.3 is 10.2 Å². The molecule has 0 aromatic heterocycles. The van der Waals surface area contributed by atoms with E-state index in [1.165, 1.54) is 6.92 Å². The Bertz CT molecular complexity index is 556. The van der Waals surface area contributed by atoms with Crippen molar-refractivity contribution in [2.24, 2.45) is 5.92 Å². The molecule has 154 valence electrons. The molecule has 2 aliphatic heterocycles. The van der Waals surface area contributed by atoms with E-state index in [-0.39, 0.29) is 42.6 Å². The van der Waals surface area contributed by atoms with Gasteiger partial charge >= 0.3 is 0 Å². The van der Waals surface area contributed by atoms with Crippen LogP contribution in [0.25, 0.3) is 0 Å². The zero-order valence-electron chi connectivity index (χ0n) is 15.9. The number of piperazine rings is 1. The normalized spacial score (nSPS) is 31.3. The van der Waals surface area contributed by atoms with Gasteiger partial charge in [-0.05, 0) is 45.4 Å². The van der Waals surface area contributed by atoms with E-state index in [2.05, 4.69) is 16.8 Å². The van der Waals surface area contributed by atoms with Gasteiger partial charge in [0.05, 0.1) is 6.07 Å². The fourth-order valence-electron chi connectivity index (χ4n) is 4.39. The number of hydrazine groups is 1. The van der Waals surface area contributed by atoms with Crippen molar-refractivity contribution in [3.05, 3.63) is 0 Å². The highest BCUT2D eigenvalue weighted by atomic mass is 35.5. The number of Topliss-reactive ketones (excluding diaryl/α,β-unsaturated/α-hetero) is 1. The standard InChI is InChI=1S/C18H29N5O2.2ClH/c1-14(24)18(13-19)7-2-10-23(18)21-16-5-3-15(4-6-16)17(25)22-11-8-20-9-12-22;;/h15-16,20-21H,2-12H2,1H3;2*1H. The molecule has 0 bridgehead atoms. The highest BCUT2D eigenvalue weighted by Gasteiger charge is 2.46. The Morgan fingerprint density at radius 2 is 1.74 bits per heavy atom. The van der Waals surface area contributed by atoms with Crippen molar-refractivity contribution >= 4 is 36.5 Å². The molecule has 2 heterocycles. The van der Waals surface area contributed by atoms with E-state index in [9.17, 15) is 14.9 Å². The summed E-state index contributed by atoms with van der Waals surface area (Å²) >= 11 is 0. The second kappa shape index (κ2) is 10.6. The summed E-state index contributed by atoms with van der Waals surface area (Å²) in [5.41, 5.74) is 2.43. The smallest absolute Gasteiger partial charge is 0.225 e. The maximum absolute atomic E-state index is 12.6. The first-order chi connectivity index (χ1) is 12.1. The molecule has 1 amide bonds. The predicted octanol–water partition coefficient (Wildman–Crippen LogP) is 1.27. The minimum atomic E-state index is -1.01. The second-order valence-electron chi connectivity index (χ2n) is 7.54. The Balaban J connectivity index is 0.00000182. The molecule has 0 aromatic carbocycles. The van der Waals surface area contributed by atoms with E-state index >= 15 is 0 Å². The average molecular weight is 420 g/mol. The molecule has 1 atom stereocenters. The van der Waals surface area contributed by atoms with Gasteiger partial charge in [-0.25, -0.2) is 5.01 Å². The van der Waals surface area contributed by atoms with E-state index in [1.54, 1.807) is 0 Å². The number of halogens is 2. The highest BCUT2D eigenvalue weighted by molar-refractivity contribution is 5.89. The summed E-state index contributed by atoms with van der Waals surface area (Å²) in [4.78, 5) is 26.6. The molecular weight excluding hydrogens is 389 g/mol. The van der Waals surface area contributed by atoms with Gasteiger partial charge in [-0.15, -0.1) is 24.8 Å². The topological polar surface area (TPSA) is 88.5 Å². The molecule has 2 saturated heterocycles. The lowest BCUT2D eigenvalue weighted by molar-refractivity contribution is -0.137. The molecular formula is C18H31Cl2N5O2. The van der Waals surface area contributed by atoms with Gasteiger partial charge in [-0.3, -0.25) is 15.0 Å². The third kappa shape index (κ3) is 5.12. The number of carbonyl (C=O) groups is 2. The number of rotatable bonds is 4. The van der Waals surface area contributed by atoms with Crippen LogP contribution in [0.15, 0.2) is 0 Å². The minimum Gasteiger partial charge on any atom is -0.340 e. The molecule has 0 aromatic rings. The van der Waals surface area contributed by atoms with Crippen molar-refractivity contribution in [3.8, 4) is 6.07 Å². The minimum absolute atomic E-state index is 0. The summed E-state index contributed by atoms with van der Waals surface area (Å²) in [6.07, 6.45) is 5.05. The van der Waals surface area contributed by atoms with E-state index < -0.39 is 5.54 Å². The van der Waals surface area contributed by atoms with E-state index in [0.717, 1.165) is 64.8 Å². The molecule has 9 heteroatoms. The largest absolute Gasteiger partial charge is 0.340 e. The number of nitrogens with zero attached hydrogens (tertiary/aromatic N) is 3. The molecule has 2 N–H and O–H groups in total. The Labute approximate surface area is 174 Å². The molecule has 0 radical (unpaired) electrons. The Morgan fingerprint density at radius 3 is 2.30 bits per heavy atom. The van der Waals surface area contributed by atoms with Crippen LogP contribution in [0, 0.1) is 17.2 Å². The first kappa shape index (κ1) is 24.1. The van der Waals surface area contributed by atoms with Gasteiger partial charge in [0.15, 0.2) is 11.3 Å². The molecule has 0 spiro atoms. The summed E-state index contributed by atoms with van der Waals surface area (Å²) in [6, 6.07) is 2.48. The quantitative estimate of drug-likeness (QED) is 0.712. The number of carbonyl (C=O) groups excluding carboxylic acids is 2. The van der Waals surface area contributed by atoms with Gasteiger partial charge in [0.1, 0.15) is 0 Å². The maximum atomic E-state index is 12.6. The Hall–Kier alpha value is -0.910. The van der Waals surface area contributed by atoms with Crippen molar-refractivity contribution in [3.63, 3.8) is 0 Å². The molecule has 3 rings (SSSR count). The van der Waals surface area contributed by atoms with Crippen LogP contribution < -0.4 is 10.7 Å². The number of ketones is 1. The molecule has 3 fully saturated rings. The predicted molar refractivity (Wildman–Crippen MR) is 108 cm³/mol. The first-order valence-corrected chi connectivity index (χ1v) is 9.52. The summed E-state index contributed by atoms with van der Waals surface area (Å²) in [5.74, 6) is 0.349. The summed E-state index contributed by atoms with van der Waals surface area (Å²) in [5, 5.41) is 14.7. The lowest BCUT2D eigenvalue weighted by Gasteiger charge is -2.38. The van der Waals surface area contributed by atoms with Crippen molar-refractivity contribution in [2.75, 3.05) is 32.7 Å². The summed E-state index contributed by atoms with van der Waals surface area (Å²) in [7, 11) is 0. The Kier molecular flexibility index (Phi) is 9.46. The lowest BCUT2D eigenvalue weighted by atomic mass is 9.85. The maximum Gasteiger partial charge on any atom is 0.225 e. The number of hydrogen-bond donors (Lipinski definition) is 2. The van der Waals surface area contributed by atoms with Crippen molar-refractivity contribution in [1.29, 1.82) is 5.26 Å². The molecule has 1 unspecified atom stereocenters. The van der Waals surface area contributed by atoms with Crippen LogP contribution in [0.1, 0.15) is 45.4 Å². The molecule has 3 aliphatic rings. The highest BCUT2D eigenvalue weighted by Crippen LogP contribution is 2.31. The van der Waals surface area contributed by atoms with Gasteiger partial charge in [0, 0.05) is 44.7 Å². The van der Waals surface area contributed by atoms with Gasteiger partial charge in [0.25, 0.3) is 0 Å². The third-order valence-electron chi connectivity index (χ3n) is 5.99. The van der Waals surface area contributed by atoms with Crippen LogP contribution in [0.2, 0.25) is 0 Å². The van der Waals surface area contributed by atoms with Crippen LogP contribution >= 0.6 is 24.8 Å². The van der Waals surface area contributed by atoms with E-state index in [0.29, 0.717) is 12.3 Å². The van der Waals surface area contributed by atoms with Gasteiger partial charge in [-0.2, -0.15) is 5.26 Å². The summed E-state index contributed by atoms with van der Waals surface area (Å²) in [6.45, 7) is 5.64. The van der Waals surface area contributed by atoms with Crippen molar-refractivity contribution < 1.29 is 9.59 Å². The Morgan fingerprint density at radius 1 is 1.11 bits per heavy atom. The zero-order chi connectivity index (χ0) is 17.9. The third-order valence-corrected chi connectivity index (χ3v) is 5.99. The van der Waals surface area contributed by atoms with Crippen LogP contribution in [-0.4, -0.2) is 65.9 Å². The van der Waals surface area contributed by atoms with Gasteiger partial charge in [0.2, 0.25) is 5.91 Å². The van der Waals surface area contributed by atoms with Crippen LogP contribution in [0.4, 0.5) is 0 Å². The van der Waals surface area contributed by atoms with Crippen LogP contribution in [0.5, 0.6) is 0 Å². The summed E-state index contributed by atoms with van der Waals surface area (Å²) < 4.78 is 0. The van der Waals surface area contributed by atoms with Gasteiger partial charge in [-0.1, -0.05) is 0 Å². The van der Waals surface area contributed by atoms with Crippen molar-refractivity contribution in [2.45, 2.75) is 57.0 Å². The van der Waals surface area contributed by atoms with Crippen molar-refractivity contribution in [1.82, 2.24) is 20.7 Å². The number of amides is 1. The SMILES string of the molecule is CC(=O)C1(C#N)CCCN1NC1CCC(C(=O)N2CCNCC2)CC1.Cl.Cl. The van der Waals surface area contributed by atoms with Crippen LogP contribution in [-0.2, 0) is 9.59 Å². The molecule has 27 heavy (non-hydrogen) atoms. The van der Waals surface area contributed by atoms with E-state index in [4.69, 9.17) is 0 Å². The van der Waals surface area contributed by atoms with Crippen LogP contribution in [0.3, 0.4) is 0 Å². The molecule has 1 aliphatic carbocycles. The fourth-order valence-corrected chi connectivity index (χ4v) is 4.39. The number of nitrogens with one attached hydrogen (secondary N) is 2. The molecule has 1 saturated carbocycles. The number of nitriles is 1. The average Bonchev–Trinajstić information content (AvgIpc) is 3.06. The zero-order valence-corrected chi connectivity index (χ0v) is 17.5. The first-order valence-electron chi connectivity index (χ1n) is 9.52. The monoisotopic (exact) mass is 419 g/mol. The lowest BCUT2D eigenvalue weighted by Crippen LogP contribution is -2.58.